The number of carbonyl (C=O) groups is 1. The van der Waals surface area contributed by atoms with Gasteiger partial charge in [-0.3, -0.25) is 4.79 Å². The Balaban J connectivity index is 1.65. The molecule has 23 heavy (non-hydrogen) atoms. The lowest BCUT2D eigenvalue weighted by atomic mass is 10.2. The summed E-state index contributed by atoms with van der Waals surface area (Å²) in [5.41, 5.74) is 0.0422. The van der Waals surface area contributed by atoms with E-state index in [1.807, 2.05) is 0 Å². The zero-order valence-corrected chi connectivity index (χ0v) is 12.9. The van der Waals surface area contributed by atoms with Crippen molar-refractivity contribution >= 4 is 23.2 Å². The molecule has 3 rings (SSSR count). The topological polar surface area (TPSA) is 56.8 Å². The molecule has 1 unspecified atom stereocenters. The van der Waals surface area contributed by atoms with Crippen molar-refractivity contribution in [2.24, 2.45) is 0 Å². The number of hydrogen-bond donors (Lipinski definition) is 1. The number of rotatable bonds is 4. The zero-order valence-electron chi connectivity index (χ0n) is 12.1. The molecule has 1 atom stereocenters. The summed E-state index contributed by atoms with van der Waals surface area (Å²) >= 11 is 5.67. The Kier molecular flexibility index (Phi) is 4.25. The molecule has 1 N–H and O–H groups in total. The Morgan fingerprint density at radius 1 is 1.26 bits per heavy atom. The molecule has 0 saturated carbocycles. The molecule has 0 spiro atoms. The average molecular weight is 338 g/mol. The summed E-state index contributed by atoms with van der Waals surface area (Å²) < 4.78 is 29.7. The van der Waals surface area contributed by atoms with Crippen LogP contribution in [0.3, 0.4) is 0 Å². The van der Waals surface area contributed by atoms with Crippen molar-refractivity contribution in [3.8, 4) is 17.2 Å². The van der Waals surface area contributed by atoms with Gasteiger partial charge in [0.2, 0.25) is 6.79 Å². The van der Waals surface area contributed by atoms with Crippen molar-refractivity contribution in [3.63, 3.8) is 0 Å². The molecule has 1 aliphatic heterocycles. The standard InChI is InChI=1S/C16H13ClFNO4/c1-9(16(20)19-13-4-2-10(17)6-12(13)18)23-11-3-5-14-15(7-11)22-8-21-14/h2-7,9H,8H2,1H3,(H,19,20). The second-order valence-corrected chi connectivity index (χ2v) is 5.33. The monoisotopic (exact) mass is 337 g/mol. The third-order valence-corrected chi connectivity index (χ3v) is 3.45. The van der Waals surface area contributed by atoms with Crippen molar-refractivity contribution < 1.29 is 23.4 Å². The number of amides is 1. The number of hydrogen-bond acceptors (Lipinski definition) is 4. The molecule has 0 saturated heterocycles. The fourth-order valence-corrected chi connectivity index (χ4v) is 2.19. The molecule has 7 heteroatoms. The average Bonchev–Trinajstić information content (AvgIpc) is 2.97. The summed E-state index contributed by atoms with van der Waals surface area (Å²) in [6.45, 7) is 1.72. The van der Waals surface area contributed by atoms with Crippen molar-refractivity contribution in [3.05, 3.63) is 47.2 Å². The molecule has 1 aliphatic rings. The van der Waals surface area contributed by atoms with Gasteiger partial charge in [-0.05, 0) is 37.3 Å². The number of nitrogens with one attached hydrogen (secondary N) is 1. The van der Waals surface area contributed by atoms with Crippen LogP contribution < -0.4 is 19.5 Å². The highest BCUT2D eigenvalue weighted by Crippen LogP contribution is 2.35. The van der Waals surface area contributed by atoms with Crippen molar-refractivity contribution in [1.29, 1.82) is 0 Å². The highest BCUT2D eigenvalue weighted by atomic mass is 35.5. The molecular weight excluding hydrogens is 325 g/mol. The van der Waals surface area contributed by atoms with Crippen LogP contribution in [0, 0.1) is 5.82 Å². The van der Waals surface area contributed by atoms with Crippen molar-refractivity contribution in [2.75, 3.05) is 12.1 Å². The number of ether oxygens (including phenoxy) is 3. The fourth-order valence-electron chi connectivity index (χ4n) is 2.03. The molecule has 0 radical (unpaired) electrons. The van der Waals surface area contributed by atoms with E-state index >= 15 is 0 Å². The van der Waals surface area contributed by atoms with Crippen LogP contribution in [0.1, 0.15) is 6.92 Å². The highest BCUT2D eigenvalue weighted by Gasteiger charge is 2.19. The first-order chi connectivity index (χ1) is 11.0. The maximum Gasteiger partial charge on any atom is 0.265 e. The maximum atomic E-state index is 13.7. The number of halogens is 2. The van der Waals surface area contributed by atoms with Gasteiger partial charge < -0.3 is 19.5 Å². The predicted molar refractivity (Wildman–Crippen MR) is 82.7 cm³/mol. The van der Waals surface area contributed by atoms with Crippen molar-refractivity contribution in [1.82, 2.24) is 0 Å². The minimum absolute atomic E-state index is 0.0422. The van der Waals surface area contributed by atoms with Gasteiger partial charge in [0.05, 0.1) is 5.69 Å². The number of carbonyl (C=O) groups excluding carboxylic acids is 1. The molecule has 120 valence electrons. The van der Waals surface area contributed by atoms with Crippen LogP contribution in [0.5, 0.6) is 17.2 Å². The summed E-state index contributed by atoms with van der Waals surface area (Å²) in [5.74, 6) is 0.537. The highest BCUT2D eigenvalue weighted by molar-refractivity contribution is 6.30. The van der Waals surface area contributed by atoms with E-state index in [0.29, 0.717) is 17.2 Å². The lowest BCUT2D eigenvalue weighted by molar-refractivity contribution is -0.122. The Morgan fingerprint density at radius 3 is 2.83 bits per heavy atom. The van der Waals surface area contributed by atoms with Gasteiger partial charge in [-0.1, -0.05) is 11.6 Å². The third-order valence-electron chi connectivity index (χ3n) is 3.22. The molecule has 0 aliphatic carbocycles. The van der Waals surface area contributed by atoms with E-state index in [0.717, 1.165) is 6.07 Å². The summed E-state index contributed by atoms with van der Waals surface area (Å²) in [7, 11) is 0. The third kappa shape index (κ3) is 3.48. The molecule has 0 bridgehead atoms. The Bertz CT molecular complexity index is 753. The van der Waals surface area contributed by atoms with Gasteiger partial charge in [-0.15, -0.1) is 0 Å². The predicted octanol–water partition coefficient (Wildman–Crippen LogP) is 3.61. The number of anilines is 1. The Morgan fingerprint density at radius 2 is 2.04 bits per heavy atom. The summed E-state index contributed by atoms with van der Waals surface area (Å²) in [5, 5.41) is 2.71. The van der Waals surface area contributed by atoms with Gasteiger partial charge in [0.15, 0.2) is 17.6 Å². The molecule has 2 aromatic carbocycles. The zero-order chi connectivity index (χ0) is 16.4. The van der Waals surface area contributed by atoms with Crippen LogP contribution >= 0.6 is 11.6 Å². The molecule has 2 aromatic rings. The minimum Gasteiger partial charge on any atom is -0.481 e. The van der Waals surface area contributed by atoms with Crippen LogP contribution in [0.2, 0.25) is 5.02 Å². The molecule has 1 amide bonds. The maximum absolute atomic E-state index is 13.7. The first kappa shape index (κ1) is 15.4. The van der Waals surface area contributed by atoms with Crippen LogP contribution in [0.4, 0.5) is 10.1 Å². The molecule has 0 fully saturated rings. The van der Waals surface area contributed by atoms with Crippen LogP contribution in [-0.4, -0.2) is 18.8 Å². The first-order valence-electron chi connectivity index (χ1n) is 6.85. The summed E-state index contributed by atoms with van der Waals surface area (Å²) in [6.07, 6.45) is -0.828. The van der Waals surface area contributed by atoms with Gasteiger partial charge in [0.25, 0.3) is 5.91 Å². The lowest BCUT2D eigenvalue weighted by Gasteiger charge is -2.15. The van der Waals surface area contributed by atoms with E-state index in [1.54, 1.807) is 25.1 Å². The number of fused-ring (bicyclic) bond motifs is 1. The smallest absolute Gasteiger partial charge is 0.265 e. The largest absolute Gasteiger partial charge is 0.481 e. The minimum atomic E-state index is -0.828. The number of benzene rings is 2. The first-order valence-corrected chi connectivity index (χ1v) is 7.23. The molecule has 1 heterocycles. The second-order valence-electron chi connectivity index (χ2n) is 4.89. The molecule has 5 nitrogen and oxygen atoms in total. The SMILES string of the molecule is CC(Oc1ccc2c(c1)OCO2)C(=O)Nc1ccc(Cl)cc1F. The van der Waals surface area contributed by atoms with E-state index in [9.17, 15) is 9.18 Å². The van der Waals surface area contributed by atoms with Gasteiger partial charge >= 0.3 is 0 Å². The van der Waals surface area contributed by atoms with E-state index in [4.69, 9.17) is 25.8 Å². The van der Waals surface area contributed by atoms with Crippen molar-refractivity contribution in [2.45, 2.75) is 13.0 Å². The Labute approximate surface area is 136 Å². The lowest BCUT2D eigenvalue weighted by Crippen LogP contribution is -2.30. The van der Waals surface area contributed by atoms with E-state index in [2.05, 4.69) is 5.32 Å². The second kappa shape index (κ2) is 6.34. The van der Waals surface area contributed by atoms with E-state index in [1.165, 1.54) is 12.1 Å². The van der Waals surface area contributed by atoms with E-state index < -0.39 is 17.8 Å². The van der Waals surface area contributed by atoms with Gasteiger partial charge in [-0.25, -0.2) is 4.39 Å². The Hall–Kier alpha value is -2.47. The molecular formula is C16H13ClFNO4. The fraction of sp³-hybridized carbons (Fsp3) is 0.188. The quantitative estimate of drug-likeness (QED) is 0.926. The van der Waals surface area contributed by atoms with Gasteiger partial charge in [0, 0.05) is 11.1 Å². The van der Waals surface area contributed by atoms with E-state index in [-0.39, 0.29) is 17.5 Å². The summed E-state index contributed by atoms with van der Waals surface area (Å²) in [4.78, 5) is 12.1. The normalized spacial score (nSPS) is 13.5. The van der Waals surface area contributed by atoms with Crippen LogP contribution in [0.25, 0.3) is 0 Å². The van der Waals surface area contributed by atoms with Crippen LogP contribution in [0.15, 0.2) is 36.4 Å². The van der Waals surface area contributed by atoms with Crippen LogP contribution in [-0.2, 0) is 4.79 Å². The molecule has 0 aromatic heterocycles. The summed E-state index contributed by atoms with van der Waals surface area (Å²) in [6, 6.07) is 9.00. The van der Waals surface area contributed by atoms with Gasteiger partial charge in [-0.2, -0.15) is 0 Å². The van der Waals surface area contributed by atoms with Gasteiger partial charge in [0.1, 0.15) is 11.6 Å².